The molecule has 1 aromatic heterocycles. The van der Waals surface area contributed by atoms with Gasteiger partial charge >= 0.3 is 0 Å². The van der Waals surface area contributed by atoms with E-state index < -0.39 is 5.82 Å². The topological polar surface area (TPSA) is 45.7 Å². The Morgan fingerprint density at radius 2 is 2.38 bits per heavy atom. The molecule has 84 valence electrons. The van der Waals surface area contributed by atoms with E-state index in [2.05, 4.69) is 4.98 Å². The molecule has 2 fully saturated rings. The van der Waals surface area contributed by atoms with Gasteiger partial charge in [0.2, 0.25) is 0 Å². The highest BCUT2D eigenvalue weighted by molar-refractivity contribution is 5.94. The number of hydrogen-bond donors (Lipinski definition) is 0. The van der Waals surface area contributed by atoms with Crippen LogP contribution in [0.2, 0.25) is 0 Å². The van der Waals surface area contributed by atoms with Crippen LogP contribution >= 0.6 is 0 Å². The van der Waals surface area contributed by atoms with Gasteiger partial charge in [0.1, 0.15) is 11.9 Å². The zero-order valence-corrected chi connectivity index (χ0v) is 8.60. The summed E-state index contributed by atoms with van der Waals surface area (Å²) in [5, 5.41) is 0. The number of pyridine rings is 1. The Bertz CT molecular complexity index is 438. The Labute approximate surface area is 92.0 Å². The zero-order chi connectivity index (χ0) is 11.1. The molecule has 0 radical (unpaired) electrons. The molecule has 3 rings (SSSR count). The van der Waals surface area contributed by atoms with Crippen molar-refractivity contribution in [1.29, 1.82) is 0 Å². The number of carbonyl (C=O) groups is 1. The average Bonchev–Trinajstić information content (AvgIpc) is 3.06. The molecule has 0 spiro atoms. The summed E-state index contributed by atoms with van der Waals surface area (Å²) < 4.78 is 18.3. The number of epoxide rings is 1. The lowest BCUT2D eigenvalue weighted by Gasteiger charge is -2.24. The van der Waals surface area contributed by atoms with Crippen molar-refractivity contribution in [1.82, 2.24) is 9.88 Å². The van der Waals surface area contributed by atoms with Crippen molar-refractivity contribution in [3.05, 3.63) is 29.8 Å². The summed E-state index contributed by atoms with van der Waals surface area (Å²) in [7, 11) is 0. The average molecular weight is 222 g/mol. The largest absolute Gasteiger partial charge is 0.368 e. The molecule has 4 nitrogen and oxygen atoms in total. The van der Waals surface area contributed by atoms with Crippen LogP contribution in [-0.4, -0.2) is 41.1 Å². The van der Waals surface area contributed by atoms with Gasteiger partial charge in [0.05, 0.1) is 17.9 Å². The summed E-state index contributed by atoms with van der Waals surface area (Å²) in [5.41, 5.74) is 0.305. The molecule has 1 amide bonds. The number of halogens is 1. The van der Waals surface area contributed by atoms with E-state index in [0.29, 0.717) is 24.8 Å². The predicted octanol–water partition coefficient (Wildman–Crippen LogP) is 0.834. The normalized spacial score (nSPS) is 27.4. The molecule has 1 aromatic rings. The van der Waals surface area contributed by atoms with E-state index in [0.717, 1.165) is 12.6 Å². The summed E-state index contributed by atoms with van der Waals surface area (Å²) in [6.45, 7) is 1.29. The van der Waals surface area contributed by atoms with Crippen LogP contribution < -0.4 is 0 Å². The van der Waals surface area contributed by atoms with Gasteiger partial charge in [-0.25, -0.2) is 4.39 Å². The third-order valence-corrected chi connectivity index (χ3v) is 3.01. The van der Waals surface area contributed by atoms with E-state index in [1.54, 1.807) is 4.90 Å². The summed E-state index contributed by atoms with van der Waals surface area (Å²) in [5.74, 6) is -0.649. The van der Waals surface area contributed by atoms with Gasteiger partial charge < -0.3 is 9.64 Å². The van der Waals surface area contributed by atoms with Crippen molar-refractivity contribution in [2.75, 3.05) is 13.1 Å². The predicted molar refractivity (Wildman–Crippen MR) is 53.4 cm³/mol. The molecule has 0 unspecified atom stereocenters. The van der Waals surface area contributed by atoms with Crippen LogP contribution in [0.1, 0.15) is 16.8 Å². The third kappa shape index (κ3) is 1.67. The van der Waals surface area contributed by atoms with E-state index in [9.17, 15) is 9.18 Å². The summed E-state index contributed by atoms with van der Waals surface area (Å²) in [6, 6.07) is 1.22. The molecule has 2 aliphatic heterocycles. The van der Waals surface area contributed by atoms with E-state index in [-0.39, 0.29) is 12.0 Å². The fourth-order valence-electron chi connectivity index (χ4n) is 2.08. The molecule has 5 heteroatoms. The van der Waals surface area contributed by atoms with Crippen LogP contribution in [-0.2, 0) is 4.74 Å². The minimum Gasteiger partial charge on any atom is -0.368 e. The maximum absolute atomic E-state index is 12.9. The number of amides is 1. The van der Waals surface area contributed by atoms with Crippen molar-refractivity contribution < 1.29 is 13.9 Å². The second-order valence-electron chi connectivity index (χ2n) is 4.14. The highest BCUT2D eigenvalue weighted by Crippen LogP contribution is 2.31. The van der Waals surface area contributed by atoms with Crippen LogP contribution in [0.25, 0.3) is 0 Å². The maximum atomic E-state index is 12.9. The molecule has 0 aromatic carbocycles. The Balaban J connectivity index is 1.76. The molecule has 2 saturated heterocycles. The Morgan fingerprint density at radius 3 is 3.12 bits per heavy atom. The van der Waals surface area contributed by atoms with E-state index in [1.807, 2.05) is 0 Å². The lowest BCUT2D eigenvalue weighted by atomic mass is 10.1. The highest BCUT2D eigenvalue weighted by atomic mass is 19.1. The first-order valence-electron chi connectivity index (χ1n) is 5.29. The number of piperidine rings is 1. The quantitative estimate of drug-likeness (QED) is 0.661. The lowest BCUT2D eigenvalue weighted by Crippen LogP contribution is -2.39. The second kappa shape index (κ2) is 3.52. The number of likely N-dealkylation sites (tertiary alicyclic amines) is 1. The Kier molecular flexibility index (Phi) is 2.14. The van der Waals surface area contributed by atoms with Crippen LogP contribution in [0.5, 0.6) is 0 Å². The smallest absolute Gasteiger partial charge is 0.255 e. The lowest BCUT2D eigenvalue weighted by molar-refractivity contribution is 0.0735. The molecular weight excluding hydrogens is 211 g/mol. The van der Waals surface area contributed by atoms with Gasteiger partial charge in [-0.1, -0.05) is 0 Å². The first kappa shape index (κ1) is 9.72. The summed E-state index contributed by atoms with van der Waals surface area (Å²) in [4.78, 5) is 17.4. The Morgan fingerprint density at radius 1 is 1.50 bits per heavy atom. The van der Waals surface area contributed by atoms with E-state index >= 15 is 0 Å². The van der Waals surface area contributed by atoms with Crippen LogP contribution in [0, 0.1) is 5.82 Å². The van der Waals surface area contributed by atoms with Crippen molar-refractivity contribution in [2.24, 2.45) is 0 Å². The van der Waals surface area contributed by atoms with Gasteiger partial charge in [-0.2, -0.15) is 0 Å². The first-order valence-corrected chi connectivity index (χ1v) is 5.29. The maximum Gasteiger partial charge on any atom is 0.255 e. The number of nitrogens with zero attached hydrogens (tertiary/aromatic N) is 2. The van der Waals surface area contributed by atoms with Crippen molar-refractivity contribution in [3.8, 4) is 0 Å². The number of hydrogen-bond acceptors (Lipinski definition) is 3. The van der Waals surface area contributed by atoms with Gasteiger partial charge in [0.15, 0.2) is 0 Å². The molecular formula is C11H11FN2O2. The van der Waals surface area contributed by atoms with Gasteiger partial charge in [0.25, 0.3) is 5.91 Å². The molecule has 2 atom stereocenters. The van der Waals surface area contributed by atoms with Crippen molar-refractivity contribution in [2.45, 2.75) is 18.6 Å². The molecule has 0 saturated carbocycles. The van der Waals surface area contributed by atoms with Gasteiger partial charge in [0, 0.05) is 19.3 Å². The fourth-order valence-corrected chi connectivity index (χ4v) is 2.08. The summed E-state index contributed by atoms with van der Waals surface area (Å²) >= 11 is 0. The molecule has 2 aliphatic rings. The first-order chi connectivity index (χ1) is 7.74. The summed E-state index contributed by atoms with van der Waals surface area (Å²) in [6.07, 6.45) is 3.89. The number of aromatic nitrogens is 1. The second-order valence-corrected chi connectivity index (χ2v) is 4.14. The minimum atomic E-state index is -0.483. The van der Waals surface area contributed by atoms with E-state index in [4.69, 9.17) is 4.74 Å². The van der Waals surface area contributed by atoms with Gasteiger partial charge in [-0.15, -0.1) is 0 Å². The van der Waals surface area contributed by atoms with Gasteiger partial charge in [-0.05, 0) is 12.5 Å². The molecule has 16 heavy (non-hydrogen) atoms. The number of fused-ring (bicyclic) bond motifs is 1. The fraction of sp³-hybridized carbons (Fsp3) is 0.455. The Hall–Kier alpha value is -1.49. The minimum absolute atomic E-state index is 0.166. The molecule has 0 aliphatic carbocycles. The van der Waals surface area contributed by atoms with Crippen LogP contribution in [0.15, 0.2) is 18.5 Å². The van der Waals surface area contributed by atoms with Crippen LogP contribution in [0.3, 0.4) is 0 Å². The third-order valence-electron chi connectivity index (χ3n) is 3.01. The monoisotopic (exact) mass is 222 g/mol. The number of ether oxygens (including phenoxy) is 1. The zero-order valence-electron chi connectivity index (χ0n) is 8.60. The number of carbonyl (C=O) groups excluding carboxylic acids is 1. The van der Waals surface area contributed by atoms with Gasteiger partial charge in [-0.3, -0.25) is 9.78 Å². The van der Waals surface area contributed by atoms with E-state index in [1.165, 1.54) is 12.3 Å². The molecule has 0 bridgehead atoms. The molecule has 3 heterocycles. The number of rotatable bonds is 1. The van der Waals surface area contributed by atoms with Crippen LogP contribution in [0.4, 0.5) is 4.39 Å². The van der Waals surface area contributed by atoms with Crippen molar-refractivity contribution >= 4 is 5.91 Å². The van der Waals surface area contributed by atoms with Crippen molar-refractivity contribution in [3.63, 3.8) is 0 Å². The standard InChI is InChI=1S/C11H11FN2O2/c12-8-3-7(4-13-5-8)11(15)14-2-1-9-10(6-14)16-9/h3-5,9-10H,1-2,6H2/t9-,10+/m0/s1. The highest BCUT2D eigenvalue weighted by Gasteiger charge is 2.44. The SMILES string of the molecule is O=C(c1cncc(F)c1)N1CC[C@@H]2O[C@@H]2C1. The molecule has 0 N–H and O–H groups in total.